The van der Waals surface area contributed by atoms with E-state index in [2.05, 4.69) is 43.4 Å². The Morgan fingerprint density at radius 3 is 1.79 bits per heavy atom. The molecule has 0 atom stereocenters. The first-order chi connectivity index (χ1) is 9.41. The van der Waals surface area contributed by atoms with Gasteiger partial charge in [-0.2, -0.15) is 0 Å². The smallest absolute Gasteiger partial charge is 0.00773 e. The number of unbranched alkanes of at least 4 members (excludes halogenated alkanes) is 6. The Morgan fingerprint density at radius 1 is 0.632 bits per heavy atom. The van der Waals surface area contributed by atoms with E-state index in [1.807, 2.05) is 0 Å². The Kier molecular flexibility index (Phi) is 16.4. The van der Waals surface area contributed by atoms with Crippen molar-refractivity contribution >= 4 is 0 Å². The first kappa shape index (κ1) is 18.2. The fourth-order valence-corrected chi connectivity index (χ4v) is 1.94. The van der Waals surface area contributed by atoms with Crippen LogP contribution >= 0.6 is 0 Å². The van der Waals surface area contributed by atoms with Crippen LogP contribution in [0.25, 0.3) is 0 Å². The third-order valence-corrected chi connectivity index (χ3v) is 3.10. The van der Waals surface area contributed by atoms with E-state index in [1.54, 1.807) is 0 Å². The van der Waals surface area contributed by atoms with E-state index in [1.165, 1.54) is 44.9 Å². The molecule has 0 bridgehead atoms. The van der Waals surface area contributed by atoms with Crippen LogP contribution in [-0.4, -0.2) is 6.54 Å². The lowest BCUT2D eigenvalue weighted by molar-refractivity contribution is 0.600. The fraction of sp³-hybridized carbons (Fsp3) is 0.667. The summed E-state index contributed by atoms with van der Waals surface area (Å²) in [5.74, 6) is 0. The monoisotopic (exact) mass is 263 g/mol. The summed E-state index contributed by atoms with van der Waals surface area (Å²) in [6.07, 6.45) is 26.0. The molecule has 0 aromatic carbocycles. The van der Waals surface area contributed by atoms with Gasteiger partial charge in [-0.1, -0.05) is 69.1 Å². The molecule has 0 spiro atoms. The molecule has 0 heterocycles. The van der Waals surface area contributed by atoms with Gasteiger partial charge in [0.15, 0.2) is 0 Å². The van der Waals surface area contributed by atoms with Gasteiger partial charge in [0, 0.05) is 0 Å². The van der Waals surface area contributed by atoms with E-state index in [4.69, 9.17) is 5.73 Å². The Morgan fingerprint density at radius 2 is 1.16 bits per heavy atom. The first-order valence-corrected chi connectivity index (χ1v) is 8.06. The van der Waals surface area contributed by atoms with Crippen molar-refractivity contribution < 1.29 is 0 Å². The van der Waals surface area contributed by atoms with Gasteiger partial charge in [-0.05, 0) is 45.1 Å². The van der Waals surface area contributed by atoms with Crippen LogP contribution in [-0.2, 0) is 0 Å². The normalized spacial score (nSPS) is 12.3. The summed E-state index contributed by atoms with van der Waals surface area (Å²) in [7, 11) is 0. The van der Waals surface area contributed by atoms with Crippen LogP contribution in [0.1, 0.15) is 71.1 Å². The minimum absolute atomic E-state index is 0.852. The molecule has 0 unspecified atom stereocenters. The molecular weight excluding hydrogens is 230 g/mol. The van der Waals surface area contributed by atoms with Crippen molar-refractivity contribution in [2.24, 2.45) is 5.73 Å². The highest BCUT2D eigenvalue weighted by molar-refractivity contribution is 4.96. The summed E-state index contributed by atoms with van der Waals surface area (Å²) in [5, 5.41) is 0. The zero-order valence-electron chi connectivity index (χ0n) is 12.8. The highest BCUT2D eigenvalue weighted by Gasteiger charge is 1.88. The van der Waals surface area contributed by atoms with Crippen LogP contribution in [0.3, 0.4) is 0 Å². The Balaban J connectivity index is 3.19. The Hall–Kier alpha value is -0.820. The summed E-state index contributed by atoms with van der Waals surface area (Å²) in [4.78, 5) is 0. The van der Waals surface area contributed by atoms with Crippen molar-refractivity contribution in [1.82, 2.24) is 0 Å². The highest BCUT2D eigenvalue weighted by atomic mass is 14.5. The summed E-state index contributed by atoms with van der Waals surface area (Å²) < 4.78 is 0. The van der Waals surface area contributed by atoms with Crippen molar-refractivity contribution in [2.75, 3.05) is 6.54 Å². The molecule has 0 fully saturated rings. The SMILES string of the molecule is CC/C=C\C/C=C\C/C=C\CCCCCCCCN. The maximum Gasteiger partial charge on any atom is -0.00773 e. The minimum atomic E-state index is 0.852. The van der Waals surface area contributed by atoms with E-state index in [0.717, 1.165) is 25.8 Å². The fourth-order valence-electron chi connectivity index (χ4n) is 1.94. The molecule has 0 aliphatic carbocycles. The van der Waals surface area contributed by atoms with Crippen LogP contribution in [0.2, 0.25) is 0 Å². The standard InChI is InChI=1S/C18H33N/c1-2-3-4-5-6-7-8-9-10-11-12-13-14-15-16-17-18-19/h3-4,6-7,9-10H,2,5,8,11-19H2,1H3/b4-3-,7-6-,10-9-. The molecule has 0 aliphatic rings. The van der Waals surface area contributed by atoms with Gasteiger partial charge in [-0.3, -0.25) is 0 Å². The van der Waals surface area contributed by atoms with Crippen molar-refractivity contribution in [1.29, 1.82) is 0 Å². The molecule has 19 heavy (non-hydrogen) atoms. The van der Waals surface area contributed by atoms with E-state index < -0.39 is 0 Å². The predicted molar refractivity (Wildman–Crippen MR) is 88.3 cm³/mol. The molecule has 0 aromatic rings. The number of allylic oxidation sites excluding steroid dienone is 6. The molecule has 0 amide bonds. The average molecular weight is 263 g/mol. The van der Waals surface area contributed by atoms with Crippen LogP contribution in [0.4, 0.5) is 0 Å². The van der Waals surface area contributed by atoms with Gasteiger partial charge in [0.05, 0.1) is 0 Å². The first-order valence-electron chi connectivity index (χ1n) is 8.06. The molecule has 0 rings (SSSR count). The van der Waals surface area contributed by atoms with Gasteiger partial charge in [0.2, 0.25) is 0 Å². The van der Waals surface area contributed by atoms with E-state index in [0.29, 0.717) is 0 Å². The molecule has 2 N–H and O–H groups in total. The predicted octanol–water partition coefficient (Wildman–Crippen LogP) is 5.53. The molecule has 0 saturated heterocycles. The maximum absolute atomic E-state index is 5.46. The summed E-state index contributed by atoms with van der Waals surface area (Å²) in [6.45, 7) is 3.02. The number of hydrogen-bond acceptors (Lipinski definition) is 1. The molecule has 0 saturated carbocycles. The highest BCUT2D eigenvalue weighted by Crippen LogP contribution is 2.07. The Labute approximate surface area is 120 Å². The third kappa shape index (κ3) is 17.2. The van der Waals surface area contributed by atoms with E-state index >= 15 is 0 Å². The van der Waals surface area contributed by atoms with Crippen molar-refractivity contribution in [3.63, 3.8) is 0 Å². The van der Waals surface area contributed by atoms with Crippen molar-refractivity contribution in [3.05, 3.63) is 36.5 Å². The molecule has 0 radical (unpaired) electrons. The quantitative estimate of drug-likeness (QED) is 0.343. The minimum Gasteiger partial charge on any atom is -0.330 e. The zero-order valence-corrected chi connectivity index (χ0v) is 12.8. The lowest BCUT2D eigenvalue weighted by atomic mass is 10.1. The molecule has 1 nitrogen and oxygen atoms in total. The van der Waals surface area contributed by atoms with Gasteiger partial charge < -0.3 is 5.73 Å². The van der Waals surface area contributed by atoms with Gasteiger partial charge in [-0.15, -0.1) is 0 Å². The van der Waals surface area contributed by atoms with Crippen molar-refractivity contribution in [2.45, 2.75) is 71.1 Å². The van der Waals surface area contributed by atoms with Gasteiger partial charge in [-0.25, -0.2) is 0 Å². The Bertz CT molecular complexity index is 238. The lowest BCUT2D eigenvalue weighted by Crippen LogP contribution is -1.97. The molecule has 1 heteroatoms. The van der Waals surface area contributed by atoms with Crippen LogP contribution in [0, 0.1) is 0 Å². The van der Waals surface area contributed by atoms with Crippen LogP contribution in [0.5, 0.6) is 0 Å². The number of hydrogen-bond donors (Lipinski definition) is 1. The van der Waals surface area contributed by atoms with E-state index in [-0.39, 0.29) is 0 Å². The molecule has 110 valence electrons. The molecule has 0 aliphatic heterocycles. The van der Waals surface area contributed by atoms with Gasteiger partial charge >= 0.3 is 0 Å². The second kappa shape index (κ2) is 17.2. The second-order valence-corrected chi connectivity index (χ2v) is 4.99. The third-order valence-electron chi connectivity index (χ3n) is 3.10. The number of rotatable bonds is 13. The number of nitrogens with two attached hydrogens (primary N) is 1. The van der Waals surface area contributed by atoms with Gasteiger partial charge in [0.1, 0.15) is 0 Å². The van der Waals surface area contributed by atoms with E-state index in [9.17, 15) is 0 Å². The largest absolute Gasteiger partial charge is 0.330 e. The van der Waals surface area contributed by atoms with Crippen LogP contribution in [0.15, 0.2) is 36.5 Å². The van der Waals surface area contributed by atoms with Crippen LogP contribution < -0.4 is 5.73 Å². The van der Waals surface area contributed by atoms with Crippen molar-refractivity contribution in [3.8, 4) is 0 Å². The summed E-state index contributed by atoms with van der Waals surface area (Å²) >= 11 is 0. The average Bonchev–Trinajstić information content (AvgIpc) is 2.43. The summed E-state index contributed by atoms with van der Waals surface area (Å²) in [5.41, 5.74) is 5.46. The molecular formula is C18H33N. The maximum atomic E-state index is 5.46. The second-order valence-electron chi connectivity index (χ2n) is 4.99. The zero-order chi connectivity index (χ0) is 14.0. The lowest BCUT2D eigenvalue weighted by Gasteiger charge is -1.98. The van der Waals surface area contributed by atoms with Gasteiger partial charge in [0.25, 0.3) is 0 Å². The summed E-state index contributed by atoms with van der Waals surface area (Å²) in [6, 6.07) is 0. The topological polar surface area (TPSA) is 26.0 Å². The molecule has 0 aromatic heterocycles.